The number of hydrogen-bond acceptors (Lipinski definition) is 4. The lowest BCUT2D eigenvalue weighted by Crippen LogP contribution is -2.35. The van der Waals surface area contributed by atoms with Crippen molar-refractivity contribution in [2.75, 3.05) is 18.6 Å². The molecule has 0 bridgehead atoms. The van der Waals surface area contributed by atoms with Gasteiger partial charge in [-0.05, 0) is 24.6 Å². The Bertz CT molecular complexity index is 600. The highest BCUT2D eigenvalue weighted by atomic mass is 35.5. The number of methoxy groups -OCH3 is 1. The van der Waals surface area contributed by atoms with Gasteiger partial charge in [0.1, 0.15) is 5.75 Å². The van der Waals surface area contributed by atoms with Crippen LogP contribution in [0.4, 0.5) is 0 Å². The third kappa shape index (κ3) is 3.39. The molecule has 1 saturated heterocycles. The third-order valence-corrected chi connectivity index (χ3v) is 4.98. The van der Waals surface area contributed by atoms with Crippen LogP contribution in [0.5, 0.6) is 5.75 Å². The lowest BCUT2D eigenvalue weighted by Gasteiger charge is -2.13. The van der Waals surface area contributed by atoms with E-state index in [4.69, 9.17) is 16.3 Å². The van der Waals surface area contributed by atoms with Gasteiger partial charge in [-0.2, -0.15) is 0 Å². The molecular weight excluding hydrogens is 290 g/mol. The summed E-state index contributed by atoms with van der Waals surface area (Å²) >= 11 is 5.85. The van der Waals surface area contributed by atoms with Gasteiger partial charge in [0.05, 0.1) is 24.2 Å². The van der Waals surface area contributed by atoms with Gasteiger partial charge < -0.3 is 10.1 Å². The molecule has 1 unspecified atom stereocenters. The third-order valence-electron chi connectivity index (χ3n) is 2.97. The SMILES string of the molecule is COc1ccc(Cl)cc1C(=O)NC1CCS(=O)(=O)C1. The minimum Gasteiger partial charge on any atom is -0.496 e. The molecule has 7 heteroatoms. The molecule has 0 spiro atoms. The quantitative estimate of drug-likeness (QED) is 0.912. The summed E-state index contributed by atoms with van der Waals surface area (Å²) in [5.41, 5.74) is 0.305. The molecule has 104 valence electrons. The van der Waals surface area contributed by atoms with Crippen LogP contribution in [0.25, 0.3) is 0 Å². The van der Waals surface area contributed by atoms with Crippen molar-refractivity contribution in [3.05, 3.63) is 28.8 Å². The van der Waals surface area contributed by atoms with Crippen LogP contribution in [-0.2, 0) is 9.84 Å². The fourth-order valence-electron chi connectivity index (χ4n) is 2.03. The number of sulfone groups is 1. The van der Waals surface area contributed by atoms with Crippen molar-refractivity contribution in [1.29, 1.82) is 0 Å². The van der Waals surface area contributed by atoms with Crippen LogP contribution in [0.3, 0.4) is 0 Å². The van der Waals surface area contributed by atoms with Gasteiger partial charge in [-0.3, -0.25) is 4.79 Å². The minimum atomic E-state index is -3.02. The number of carbonyl (C=O) groups is 1. The predicted octanol–water partition coefficient (Wildman–Crippen LogP) is 1.27. The molecule has 0 saturated carbocycles. The highest BCUT2D eigenvalue weighted by molar-refractivity contribution is 7.91. The van der Waals surface area contributed by atoms with Gasteiger partial charge in [0, 0.05) is 11.1 Å². The fraction of sp³-hybridized carbons (Fsp3) is 0.417. The highest BCUT2D eigenvalue weighted by Gasteiger charge is 2.29. The Labute approximate surface area is 116 Å². The summed E-state index contributed by atoms with van der Waals surface area (Å²) in [4.78, 5) is 12.1. The van der Waals surface area contributed by atoms with Gasteiger partial charge in [0.25, 0.3) is 5.91 Å². The number of carbonyl (C=O) groups excluding carboxylic acids is 1. The van der Waals surface area contributed by atoms with Crippen LogP contribution >= 0.6 is 11.6 Å². The van der Waals surface area contributed by atoms with Gasteiger partial charge in [-0.15, -0.1) is 0 Å². The van der Waals surface area contributed by atoms with E-state index in [0.717, 1.165) is 0 Å². The molecule has 1 aromatic rings. The van der Waals surface area contributed by atoms with Gasteiger partial charge in [0.15, 0.2) is 9.84 Å². The molecule has 1 amide bonds. The Morgan fingerprint density at radius 1 is 1.47 bits per heavy atom. The van der Waals surface area contributed by atoms with Gasteiger partial charge in [-0.1, -0.05) is 11.6 Å². The molecule has 1 fully saturated rings. The smallest absolute Gasteiger partial charge is 0.255 e. The van der Waals surface area contributed by atoms with Crippen LogP contribution in [0.2, 0.25) is 5.02 Å². The van der Waals surface area contributed by atoms with E-state index < -0.39 is 9.84 Å². The first-order chi connectivity index (χ1) is 8.91. The van der Waals surface area contributed by atoms with Crippen molar-refractivity contribution in [2.45, 2.75) is 12.5 Å². The van der Waals surface area contributed by atoms with Crippen molar-refractivity contribution in [2.24, 2.45) is 0 Å². The molecule has 1 N–H and O–H groups in total. The van der Waals surface area contributed by atoms with E-state index >= 15 is 0 Å². The Morgan fingerprint density at radius 2 is 2.21 bits per heavy atom. The zero-order valence-electron chi connectivity index (χ0n) is 10.3. The molecule has 1 atom stereocenters. The summed E-state index contributed by atoms with van der Waals surface area (Å²) in [5, 5.41) is 3.12. The van der Waals surface area contributed by atoms with E-state index in [1.54, 1.807) is 12.1 Å². The summed E-state index contributed by atoms with van der Waals surface area (Å²) in [7, 11) is -1.56. The normalized spacial score (nSPS) is 21.1. The fourth-order valence-corrected chi connectivity index (χ4v) is 3.88. The van der Waals surface area contributed by atoms with Gasteiger partial charge in [-0.25, -0.2) is 8.42 Å². The summed E-state index contributed by atoms with van der Waals surface area (Å²) < 4.78 is 27.8. The van der Waals surface area contributed by atoms with Gasteiger partial charge in [0.2, 0.25) is 0 Å². The van der Waals surface area contributed by atoms with E-state index in [2.05, 4.69) is 5.32 Å². The Balaban J connectivity index is 2.14. The molecule has 0 radical (unpaired) electrons. The molecule has 1 aromatic carbocycles. The van der Waals surface area contributed by atoms with Crippen LogP contribution in [0.15, 0.2) is 18.2 Å². The second kappa shape index (κ2) is 5.38. The number of hydrogen-bond donors (Lipinski definition) is 1. The molecule has 19 heavy (non-hydrogen) atoms. The summed E-state index contributed by atoms with van der Waals surface area (Å²) in [6, 6.07) is 4.38. The summed E-state index contributed by atoms with van der Waals surface area (Å²) in [6.45, 7) is 0. The Morgan fingerprint density at radius 3 is 2.79 bits per heavy atom. The zero-order chi connectivity index (χ0) is 14.0. The minimum absolute atomic E-state index is 0.0123. The van der Waals surface area contributed by atoms with Crippen molar-refractivity contribution in [3.8, 4) is 5.75 Å². The molecule has 1 aliphatic rings. The van der Waals surface area contributed by atoms with E-state index in [-0.39, 0.29) is 23.5 Å². The average molecular weight is 304 g/mol. The average Bonchev–Trinajstić information content (AvgIpc) is 2.68. The predicted molar refractivity (Wildman–Crippen MR) is 72.5 cm³/mol. The molecule has 2 rings (SSSR count). The van der Waals surface area contributed by atoms with Gasteiger partial charge >= 0.3 is 0 Å². The molecule has 0 aliphatic carbocycles. The second-order valence-electron chi connectivity index (χ2n) is 4.42. The molecule has 5 nitrogen and oxygen atoms in total. The first-order valence-electron chi connectivity index (χ1n) is 5.76. The topological polar surface area (TPSA) is 72.5 Å². The van der Waals surface area contributed by atoms with E-state index in [9.17, 15) is 13.2 Å². The first-order valence-corrected chi connectivity index (χ1v) is 7.96. The Hall–Kier alpha value is -1.27. The van der Waals surface area contributed by atoms with Crippen molar-refractivity contribution in [1.82, 2.24) is 5.32 Å². The summed E-state index contributed by atoms with van der Waals surface area (Å²) in [6.07, 6.45) is 0.441. The maximum atomic E-state index is 12.1. The number of rotatable bonds is 3. The van der Waals surface area contributed by atoms with Crippen molar-refractivity contribution < 1.29 is 17.9 Å². The molecule has 1 aliphatic heterocycles. The number of benzene rings is 1. The zero-order valence-corrected chi connectivity index (χ0v) is 11.9. The number of halogens is 1. The van der Waals surface area contributed by atoms with E-state index in [0.29, 0.717) is 22.8 Å². The van der Waals surface area contributed by atoms with Crippen LogP contribution in [0, 0.1) is 0 Å². The van der Waals surface area contributed by atoms with Crippen LogP contribution in [0.1, 0.15) is 16.8 Å². The largest absolute Gasteiger partial charge is 0.496 e. The monoisotopic (exact) mass is 303 g/mol. The molecule has 1 heterocycles. The van der Waals surface area contributed by atoms with Crippen molar-refractivity contribution >= 4 is 27.3 Å². The lowest BCUT2D eigenvalue weighted by molar-refractivity contribution is 0.0938. The Kier molecular flexibility index (Phi) is 4.01. The standard InChI is InChI=1S/C12H14ClNO4S/c1-18-11-3-2-8(13)6-10(11)12(15)14-9-4-5-19(16,17)7-9/h2-3,6,9H,4-5,7H2,1H3,(H,14,15). The lowest BCUT2D eigenvalue weighted by atomic mass is 10.1. The van der Waals surface area contributed by atoms with E-state index in [1.165, 1.54) is 13.2 Å². The van der Waals surface area contributed by atoms with Crippen LogP contribution in [-0.4, -0.2) is 39.0 Å². The first kappa shape index (κ1) is 14.1. The summed E-state index contributed by atoms with van der Waals surface area (Å²) in [5.74, 6) is 0.135. The molecule has 0 aromatic heterocycles. The maximum Gasteiger partial charge on any atom is 0.255 e. The second-order valence-corrected chi connectivity index (χ2v) is 7.08. The van der Waals surface area contributed by atoms with Crippen molar-refractivity contribution in [3.63, 3.8) is 0 Å². The van der Waals surface area contributed by atoms with E-state index in [1.807, 2.05) is 0 Å². The maximum absolute atomic E-state index is 12.1. The number of ether oxygens (including phenoxy) is 1. The van der Waals surface area contributed by atoms with Crippen LogP contribution < -0.4 is 10.1 Å². The molecular formula is C12H14ClNO4S. The number of amides is 1. The highest BCUT2D eigenvalue weighted by Crippen LogP contribution is 2.23. The number of nitrogens with one attached hydrogen (secondary N) is 1.